The van der Waals surface area contributed by atoms with Gasteiger partial charge in [-0.2, -0.15) is 5.26 Å². The first-order chi connectivity index (χ1) is 9.85. The fourth-order valence-corrected chi connectivity index (χ4v) is 2.29. The van der Waals surface area contributed by atoms with Gasteiger partial charge in [0.05, 0.1) is 12.0 Å². The maximum absolute atomic E-state index is 9.31. The average molecular weight is 261 g/mol. The van der Waals surface area contributed by atoms with Crippen molar-refractivity contribution in [1.29, 1.82) is 5.26 Å². The Hall–Kier alpha value is -2.33. The fourth-order valence-electron chi connectivity index (χ4n) is 2.29. The van der Waals surface area contributed by atoms with E-state index in [-0.39, 0.29) is 5.92 Å². The first-order valence-electron chi connectivity index (χ1n) is 7.07. The molecule has 1 atom stereocenters. The number of hydrogen-bond donors (Lipinski definition) is 0. The van der Waals surface area contributed by atoms with Gasteiger partial charge in [0, 0.05) is 0 Å². The number of rotatable bonds is 5. The Morgan fingerprint density at radius 1 is 1.00 bits per heavy atom. The van der Waals surface area contributed by atoms with E-state index in [0.717, 1.165) is 29.5 Å². The Labute approximate surface area is 121 Å². The molecular formula is C19H19N. The van der Waals surface area contributed by atoms with Gasteiger partial charge in [0.15, 0.2) is 0 Å². The maximum atomic E-state index is 9.31. The summed E-state index contributed by atoms with van der Waals surface area (Å²) >= 11 is 0. The molecule has 0 aliphatic heterocycles. The normalized spacial score (nSPS) is 11.4. The Bertz CT molecular complexity index is 549. The van der Waals surface area contributed by atoms with Crippen LogP contribution in [0, 0.1) is 17.2 Å². The summed E-state index contributed by atoms with van der Waals surface area (Å²) in [6.45, 7) is 2.11. The van der Waals surface area contributed by atoms with Gasteiger partial charge in [-0.05, 0) is 23.1 Å². The minimum atomic E-state index is -0.0320. The highest BCUT2D eigenvalue weighted by Gasteiger charge is 2.09. The van der Waals surface area contributed by atoms with Crippen LogP contribution in [0.4, 0.5) is 0 Å². The third kappa shape index (κ3) is 3.59. The van der Waals surface area contributed by atoms with Gasteiger partial charge in [0.1, 0.15) is 0 Å². The van der Waals surface area contributed by atoms with Crippen LogP contribution in [0.2, 0.25) is 0 Å². The molecule has 0 radical (unpaired) electrons. The van der Waals surface area contributed by atoms with E-state index in [1.165, 1.54) is 0 Å². The molecule has 0 amide bonds. The summed E-state index contributed by atoms with van der Waals surface area (Å²) in [6.07, 6.45) is 4.03. The van der Waals surface area contributed by atoms with Crippen molar-refractivity contribution in [3.8, 4) is 6.07 Å². The smallest absolute Gasteiger partial charge is 0.0697 e. The molecule has 2 aromatic rings. The van der Waals surface area contributed by atoms with Crippen molar-refractivity contribution in [2.24, 2.45) is 5.92 Å². The molecule has 0 spiro atoms. The monoisotopic (exact) mass is 261 g/mol. The number of nitriles is 1. The average Bonchev–Trinajstić information content (AvgIpc) is 2.53. The second kappa shape index (κ2) is 7.31. The molecule has 0 saturated heterocycles. The molecule has 0 aliphatic carbocycles. The predicted octanol–water partition coefficient (Wildman–Crippen LogP) is 5.06. The van der Waals surface area contributed by atoms with Crippen LogP contribution in [0.15, 0.2) is 66.7 Å². The van der Waals surface area contributed by atoms with Crippen LogP contribution in [0.3, 0.4) is 0 Å². The van der Waals surface area contributed by atoms with E-state index in [1.54, 1.807) is 0 Å². The van der Waals surface area contributed by atoms with Crippen molar-refractivity contribution in [2.75, 3.05) is 0 Å². The van der Waals surface area contributed by atoms with Gasteiger partial charge in [-0.1, -0.05) is 80.1 Å². The number of benzene rings is 2. The van der Waals surface area contributed by atoms with Crippen LogP contribution >= 0.6 is 0 Å². The van der Waals surface area contributed by atoms with E-state index in [0.29, 0.717) is 0 Å². The highest BCUT2D eigenvalue weighted by atomic mass is 14.3. The summed E-state index contributed by atoms with van der Waals surface area (Å²) in [5, 5.41) is 9.31. The van der Waals surface area contributed by atoms with E-state index in [4.69, 9.17) is 0 Å². The SMILES string of the molecule is CCCC(C#N)C=C(c1ccccc1)c1ccccc1. The summed E-state index contributed by atoms with van der Waals surface area (Å²) in [6, 6.07) is 23.0. The highest BCUT2D eigenvalue weighted by Crippen LogP contribution is 2.25. The second-order valence-corrected chi connectivity index (χ2v) is 4.84. The molecule has 0 fully saturated rings. The zero-order chi connectivity index (χ0) is 14.2. The molecule has 1 nitrogen and oxygen atoms in total. The van der Waals surface area contributed by atoms with Crippen LogP contribution < -0.4 is 0 Å². The molecule has 0 aromatic heterocycles. The zero-order valence-corrected chi connectivity index (χ0v) is 11.8. The van der Waals surface area contributed by atoms with E-state index in [1.807, 2.05) is 36.4 Å². The lowest BCUT2D eigenvalue weighted by Crippen LogP contribution is -1.96. The largest absolute Gasteiger partial charge is 0.198 e. The Morgan fingerprint density at radius 3 is 1.90 bits per heavy atom. The van der Waals surface area contributed by atoms with Crippen molar-refractivity contribution in [1.82, 2.24) is 0 Å². The van der Waals surface area contributed by atoms with Gasteiger partial charge in [-0.15, -0.1) is 0 Å². The first-order valence-corrected chi connectivity index (χ1v) is 7.07. The summed E-state index contributed by atoms with van der Waals surface area (Å²) in [5.41, 5.74) is 3.47. The maximum Gasteiger partial charge on any atom is 0.0697 e. The van der Waals surface area contributed by atoms with E-state index in [2.05, 4.69) is 43.3 Å². The molecule has 100 valence electrons. The fraction of sp³-hybridized carbons (Fsp3) is 0.211. The number of hydrogen-bond acceptors (Lipinski definition) is 1. The minimum Gasteiger partial charge on any atom is -0.198 e. The first kappa shape index (κ1) is 14.1. The van der Waals surface area contributed by atoms with Crippen LogP contribution in [-0.4, -0.2) is 0 Å². The zero-order valence-electron chi connectivity index (χ0n) is 11.8. The van der Waals surface area contributed by atoms with Gasteiger partial charge in [-0.3, -0.25) is 0 Å². The Kier molecular flexibility index (Phi) is 5.15. The van der Waals surface area contributed by atoms with Gasteiger partial charge >= 0.3 is 0 Å². The van der Waals surface area contributed by atoms with Crippen LogP contribution in [0.1, 0.15) is 30.9 Å². The lowest BCUT2D eigenvalue weighted by Gasteiger charge is -2.11. The molecule has 1 unspecified atom stereocenters. The Morgan fingerprint density at radius 2 is 1.50 bits per heavy atom. The van der Waals surface area contributed by atoms with Crippen LogP contribution in [0.5, 0.6) is 0 Å². The van der Waals surface area contributed by atoms with Gasteiger partial charge in [0.2, 0.25) is 0 Å². The van der Waals surface area contributed by atoms with Crippen LogP contribution in [0.25, 0.3) is 5.57 Å². The van der Waals surface area contributed by atoms with Crippen molar-refractivity contribution < 1.29 is 0 Å². The Balaban J connectivity index is 2.45. The van der Waals surface area contributed by atoms with Crippen molar-refractivity contribution >= 4 is 5.57 Å². The molecular weight excluding hydrogens is 242 g/mol. The molecule has 0 N–H and O–H groups in total. The molecule has 2 rings (SSSR count). The standard InChI is InChI=1S/C19H19N/c1-2-9-16(15-20)14-19(17-10-5-3-6-11-17)18-12-7-4-8-13-18/h3-8,10-14,16H,2,9H2,1H3. The van der Waals surface area contributed by atoms with Gasteiger partial charge in [0.25, 0.3) is 0 Å². The van der Waals surface area contributed by atoms with E-state index in [9.17, 15) is 5.26 Å². The quantitative estimate of drug-likeness (QED) is 0.738. The molecule has 0 bridgehead atoms. The third-order valence-corrected chi connectivity index (χ3v) is 3.30. The number of allylic oxidation sites excluding steroid dienone is 1. The van der Waals surface area contributed by atoms with E-state index >= 15 is 0 Å². The van der Waals surface area contributed by atoms with E-state index < -0.39 is 0 Å². The summed E-state index contributed by atoms with van der Waals surface area (Å²) in [4.78, 5) is 0. The van der Waals surface area contributed by atoms with Gasteiger partial charge < -0.3 is 0 Å². The third-order valence-electron chi connectivity index (χ3n) is 3.30. The lowest BCUT2D eigenvalue weighted by molar-refractivity contribution is 0.703. The van der Waals surface area contributed by atoms with Gasteiger partial charge in [-0.25, -0.2) is 0 Å². The van der Waals surface area contributed by atoms with Crippen LogP contribution in [-0.2, 0) is 0 Å². The lowest BCUT2D eigenvalue weighted by atomic mass is 9.93. The predicted molar refractivity (Wildman–Crippen MR) is 84.0 cm³/mol. The second-order valence-electron chi connectivity index (χ2n) is 4.84. The van der Waals surface area contributed by atoms with Crippen molar-refractivity contribution in [2.45, 2.75) is 19.8 Å². The molecule has 0 heterocycles. The minimum absolute atomic E-state index is 0.0320. The molecule has 0 saturated carbocycles. The van der Waals surface area contributed by atoms with Crippen molar-refractivity contribution in [3.05, 3.63) is 77.9 Å². The summed E-state index contributed by atoms with van der Waals surface area (Å²) < 4.78 is 0. The summed E-state index contributed by atoms with van der Waals surface area (Å²) in [7, 11) is 0. The number of nitrogens with zero attached hydrogens (tertiary/aromatic N) is 1. The topological polar surface area (TPSA) is 23.8 Å². The summed E-state index contributed by atoms with van der Waals surface area (Å²) in [5.74, 6) is -0.0320. The molecule has 1 heteroatoms. The molecule has 20 heavy (non-hydrogen) atoms. The molecule has 2 aromatic carbocycles. The van der Waals surface area contributed by atoms with Crippen molar-refractivity contribution in [3.63, 3.8) is 0 Å². The highest BCUT2D eigenvalue weighted by molar-refractivity contribution is 5.80. The molecule has 0 aliphatic rings.